The lowest BCUT2D eigenvalue weighted by molar-refractivity contribution is -0.383. The van der Waals surface area contributed by atoms with Gasteiger partial charge in [-0.3, -0.25) is 10.1 Å². The number of hydrogen-bond acceptors (Lipinski definition) is 5. The Bertz CT molecular complexity index is 479. The molecule has 2 N–H and O–H groups in total. The van der Waals surface area contributed by atoms with Crippen LogP contribution in [0.1, 0.15) is 20.3 Å². The van der Waals surface area contributed by atoms with E-state index < -0.39 is 4.92 Å². The van der Waals surface area contributed by atoms with Crippen molar-refractivity contribution in [1.82, 2.24) is 0 Å². The summed E-state index contributed by atoms with van der Waals surface area (Å²) in [6.07, 6.45) is 0.310. The van der Waals surface area contributed by atoms with Gasteiger partial charge in [-0.2, -0.15) is 5.26 Å². The van der Waals surface area contributed by atoms with Crippen LogP contribution in [-0.2, 0) is 0 Å². The number of nitrogen functional groups attached to an aromatic ring is 1. The van der Waals surface area contributed by atoms with E-state index in [0.29, 0.717) is 18.7 Å². The van der Waals surface area contributed by atoms with E-state index in [9.17, 15) is 10.1 Å². The second-order valence-corrected chi connectivity index (χ2v) is 4.17. The van der Waals surface area contributed by atoms with Gasteiger partial charge in [0.15, 0.2) is 0 Å². The van der Waals surface area contributed by atoms with E-state index in [1.54, 1.807) is 12.1 Å². The highest BCUT2D eigenvalue weighted by Crippen LogP contribution is 2.34. The first-order valence-electron chi connectivity index (χ1n) is 5.65. The number of nitriles is 1. The fourth-order valence-corrected chi connectivity index (χ4v) is 1.81. The number of anilines is 2. The number of nitro groups is 1. The average molecular weight is 248 g/mol. The lowest BCUT2D eigenvalue weighted by atomic mass is 10.1. The van der Waals surface area contributed by atoms with Gasteiger partial charge in [0.05, 0.1) is 17.4 Å². The monoisotopic (exact) mass is 248 g/mol. The summed E-state index contributed by atoms with van der Waals surface area (Å²) in [5, 5.41) is 19.7. The van der Waals surface area contributed by atoms with Crippen molar-refractivity contribution in [3.05, 3.63) is 28.3 Å². The molecule has 0 atom stereocenters. The molecule has 96 valence electrons. The van der Waals surface area contributed by atoms with Gasteiger partial charge in [0.25, 0.3) is 0 Å². The molecule has 6 nitrogen and oxygen atoms in total. The standard InChI is InChI=1S/C12H16N4O2/c1-9(2)15(8-4-7-13)11-6-3-5-10(14)12(11)16(17)18/h3,5-6,9H,4,8,14H2,1-2H3. The van der Waals surface area contributed by atoms with E-state index in [-0.39, 0.29) is 17.4 Å². The van der Waals surface area contributed by atoms with E-state index in [2.05, 4.69) is 0 Å². The number of nitrogens with two attached hydrogens (primary N) is 1. The molecule has 0 aromatic heterocycles. The Labute approximate surface area is 106 Å². The first-order chi connectivity index (χ1) is 8.49. The summed E-state index contributed by atoms with van der Waals surface area (Å²) in [7, 11) is 0. The molecule has 1 aromatic rings. The van der Waals surface area contributed by atoms with Crippen LogP contribution >= 0.6 is 0 Å². The highest BCUT2D eigenvalue weighted by Gasteiger charge is 2.23. The van der Waals surface area contributed by atoms with Crippen LogP contribution in [0.5, 0.6) is 0 Å². The highest BCUT2D eigenvalue weighted by molar-refractivity contribution is 5.75. The van der Waals surface area contributed by atoms with Crippen LogP contribution in [0, 0.1) is 21.4 Å². The summed E-state index contributed by atoms with van der Waals surface area (Å²) in [5.74, 6) is 0. The Morgan fingerprint density at radius 2 is 2.22 bits per heavy atom. The number of para-hydroxylation sites is 1. The van der Waals surface area contributed by atoms with E-state index in [1.165, 1.54) is 6.07 Å². The van der Waals surface area contributed by atoms with Crippen LogP contribution in [0.15, 0.2) is 18.2 Å². The van der Waals surface area contributed by atoms with Crippen LogP contribution in [-0.4, -0.2) is 17.5 Å². The minimum absolute atomic E-state index is 0.0545. The molecule has 0 spiro atoms. The van der Waals surface area contributed by atoms with Crippen molar-refractivity contribution in [3.8, 4) is 6.07 Å². The zero-order chi connectivity index (χ0) is 13.7. The maximum atomic E-state index is 11.1. The molecule has 0 radical (unpaired) electrons. The Hall–Kier alpha value is -2.29. The summed E-state index contributed by atoms with van der Waals surface area (Å²) in [6, 6.07) is 6.94. The third kappa shape index (κ3) is 2.88. The van der Waals surface area contributed by atoms with Gasteiger partial charge in [0, 0.05) is 12.6 Å². The molecular weight excluding hydrogens is 232 g/mol. The third-order valence-electron chi connectivity index (χ3n) is 2.63. The Morgan fingerprint density at radius 3 is 2.72 bits per heavy atom. The van der Waals surface area contributed by atoms with Gasteiger partial charge in [0.2, 0.25) is 0 Å². The molecule has 0 saturated carbocycles. The normalized spacial score (nSPS) is 10.1. The largest absolute Gasteiger partial charge is 0.393 e. The molecule has 18 heavy (non-hydrogen) atoms. The van der Waals surface area contributed by atoms with Crippen molar-refractivity contribution in [2.24, 2.45) is 0 Å². The van der Waals surface area contributed by atoms with Gasteiger partial charge in [-0.25, -0.2) is 0 Å². The zero-order valence-corrected chi connectivity index (χ0v) is 10.5. The van der Waals surface area contributed by atoms with Crippen molar-refractivity contribution >= 4 is 17.1 Å². The second kappa shape index (κ2) is 5.87. The summed E-state index contributed by atoms with van der Waals surface area (Å²) in [4.78, 5) is 12.4. The van der Waals surface area contributed by atoms with Crippen molar-refractivity contribution in [2.45, 2.75) is 26.3 Å². The minimum atomic E-state index is -0.480. The van der Waals surface area contributed by atoms with Gasteiger partial charge in [-0.15, -0.1) is 0 Å². The molecule has 6 heteroatoms. The number of nitrogens with zero attached hydrogens (tertiary/aromatic N) is 3. The molecule has 0 fully saturated rings. The lowest BCUT2D eigenvalue weighted by Crippen LogP contribution is -2.32. The maximum absolute atomic E-state index is 11.1. The fraction of sp³-hybridized carbons (Fsp3) is 0.417. The number of hydrogen-bond donors (Lipinski definition) is 1. The molecule has 0 bridgehead atoms. The molecule has 0 aliphatic heterocycles. The summed E-state index contributed by atoms with van der Waals surface area (Å²) < 4.78 is 0. The molecule has 0 aliphatic carbocycles. The number of nitro benzene ring substituents is 1. The minimum Gasteiger partial charge on any atom is -0.393 e. The SMILES string of the molecule is CC(C)N(CCC#N)c1cccc(N)c1[N+](=O)[O-]. The highest BCUT2D eigenvalue weighted by atomic mass is 16.6. The molecule has 0 amide bonds. The number of benzene rings is 1. The van der Waals surface area contributed by atoms with E-state index in [4.69, 9.17) is 11.0 Å². The molecule has 1 rings (SSSR count). The molecule has 0 unspecified atom stereocenters. The lowest BCUT2D eigenvalue weighted by Gasteiger charge is -2.27. The first kappa shape index (κ1) is 13.8. The quantitative estimate of drug-likeness (QED) is 0.490. The van der Waals surface area contributed by atoms with Gasteiger partial charge < -0.3 is 10.6 Å². The van der Waals surface area contributed by atoms with E-state index >= 15 is 0 Å². The van der Waals surface area contributed by atoms with Gasteiger partial charge in [-0.05, 0) is 26.0 Å². The Balaban J connectivity index is 3.24. The van der Waals surface area contributed by atoms with Gasteiger partial charge in [-0.1, -0.05) is 6.07 Å². The summed E-state index contributed by atoms with van der Waals surface area (Å²) in [5.41, 5.74) is 6.16. The summed E-state index contributed by atoms with van der Waals surface area (Å²) >= 11 is 0. The molecular formula is C12H16N4O2. The summed E-state index contributed by atoms with van der Waals surface area (Å²) in [6.45, 7) is 4.28. The smallest absolute Gasteiger partial charge is 0.315 e. The Kier molecular flexibility index (Phi) is 4.49. The van der Waals surface area contributed by atoms with Crippen molar-refractivity contribution in [2.75, 3.05) is 17.2 Å². The number of rotatable bonds is 5. The van der Waals surface area contributed by atoms with E-state index in [0.717, 1.165) is 0 Å². The predicted molar refractivity (Wildman–Crippen MR) is 70.2 cm³/mol. The molecule has 0 heterocycles. The maximum Gasteiger partial charge on any atom is 0.315 e. The van der Waals surface area contributed by atoms with Crippen molar-refractivity contribution in [1.29, 1.82) is 5.26 Å². The zero-order valence-electron chi connectivity index (χ0n) is 10.5. The van der Waals surface area contributed by atoms with Gasteiger partial charge >= 0.3 is 5.69 Å². The van der Waals surface area contributed by atoms with Gasteiger partial charge in [0.1, 0.15) is 11.4 Å². The first-order valence-corrected chi connectivity index (χ1v) is 5.65. The topological polar surface area (TPSA) is 96.2 Å². The van der Waals surface area contributed by atoms with E-state index in [1.807, 2.05) is 24.8 Å². The predicted octanol–water partition coefficient (Wildman–Crippen LogP) is 2.31. The van der Waals surface area contributed by atoms with Crippen molar-refractivity contribution < 1.29 is 4.92 Å². The molecule has 1 aromatic carbocycles. The molecule has 0 saturated heterocycles. The average Bonchev–Trinajstić information content (AvgIpc) is 2.28. The Morgan fingerprint density at radius 1 is 1.56 bits per heavy atom. The second-order valence-electron chi connectivity index (χ2n) is 4.17. The van der Waals surface area contributed by atoms with Crippen molar-refractivity contribution in [3.63, 3.8) is 0 Å². The van der Waals surface area contributed by atoms with Crippen LogP contribution in [0.25, 0.3) is 0 Å². The third-order valence-corrected chi connectivity index (χ3v) is 2.63. The van der Waals surface area contributed by atoms with Crippen LogP contribution in [0.4, 0.5) is 17.1 Å². The van der Waals surface area contributed by atoms with Crippen LogP contribution < -0.4 is 10.6 Å². The van der Waals surface area contributed by atoms with Crippen LogP contribution in [0.3, 0.4) is 0 Å². The fourth-order valence-electron chi connectivity index (χ4n) is 1.81. The molecule has 0 aliphatic rings. The van der Waals surface area contributed by atoms with Crippen LogP contribution in [0.2, 0.25) is 0 Å².